The highest BCUT2D eigenvalue weighted by atomic mass is 32.1. The Morgan fingerprint density at radius 3 is 0.970 bits per heavy atom. The van der Waals surface area contributed by atoms with Gasteiger partial charge < -0.3 is 0 Å². The van der Waals surface area contributed by atoms with Crippen LogP contribution in [0.4, 0.5) is 8.78 Å². The quantitative estimate of drug-likeness (QED) is 0.0355. The lowest BCUT2D eigenvalue weighted by atomic mass is 9.78. The summed E-state index contributed by atoms with van der Waals surface area (Å²) in [4.78, 5) is 25.4. The number of benzene rings is 2. The van der Waals surface area contributed by atoms with E-state index >= 15 is 0 Å². The Kier molecular flexibility index (Phi) is 37.5. The summed E-state index contributed by atoms with van der Waals surface area (Å²) in [5.41, 5.74) is 7.40. The molecule has 6 heterocycles. The molecule has 2 aromatic carbocycles. The van der Waals surface area contributed by atoms with E-state index in [2.05, 4.69) is 91.8 Å². The van der Waals surface area contributed by atoms with Crippen molar-refractivity contribution in [3.05, 3.63) is 140 Å². The molecule has 0 saturated carbocycles. The van der Waals surface area contributed by atoms with Crippen molar-refractivity contribution in [2.45, 2.75) is 362 Å². The summed E-state index contributed by atoms with van der Waals surface area (Å²) in [7, 11) is 0. The van der Waals surface area contributed by atoms with Gasteiger partial charge in [-0.3, -0.25) is 0 Å². The van der Waals surface area contributed by atoms with Crippen LogP contribution in [-0.4, -0.2) is 9.97 Å². The number of hydrogen-bond acceptors (Lipinski definition) is 8. The molecule has 10 heteroatoms. The SMILES string of the molecule is CCCCCCCCCCCCc1cc(-c2ccc(-c3ccc(C(C)(CC)c4ccc(F)cc4)s3)s2)sc1-c1nc(CCCCCCCCCCCC)c(-c2sc(-c3sc(C(C)(CC)c4ccc(F)cc4)cc3CCCCCCCCCCCC)nc2CCCCCCCCCCCC)s1. The molecule has 0 amide bonds. The van der Waals surface area contributed by atoms with Crippen molar-refractivity contribution >= 4 is 68.0 Å². The van der Waals surface area contributed by atoms with Gasteiger partial charge in [-0.2, -0.15) is 0 Å². The van der Waals surface area contributed by atoms with Gasteiger partial charge in [0.2, 0.25) is 0 Å². The van der Waals surface area contributed by atoms with Gasteiger partial charge in [-0.1, -0.05) is 311 Å². The first-order valence-electron chi connectivity index (χ1n) is 41.0. The maximum Gasteiger partial charge on any atom is 0.134 e. The molecular weight excluding hydrogens is 1340 g/mol. The maximum absolute atomic E-state index is 14.6. The second-order valence-electron chi connectivity index (χ2n) is 30.0. The molecule has 0 aliphatic rings. The van der Waals surface area contributed by atoms with E-state index in [9.17, 15) is 8.78 Å². The van der Waals surface area contributed by atoms with Crippen LogP contribution in [0.1, 0.15) is 368 Å². The first-order chi connectivity index (χ1) is 49.0. The molecular formula is C90H130F2N2S6. The average Bonchev–Trinajstić information content (AvgIpc) is 1.60. The van der Waals surface area contributed by atoms with Crippen LogP contribution in [0.15, 0.2) is 84.9 Å². The Labute approximate surface area is 632 Å². The molecule has 2 unspecified atom stereocenters. The number of hydrogen-bond donors (Lipinski definition) is 0. The van der Waals surface area contributed by atoms with Gasteiger partial charge in [0.15, 0.2) is 0 Å². The van der Waals surface area contributed by atoms with Gasteiger partial charge in [-0.15, -0.1) is 68.0 Å². The standard InChI is InChI=1S/C90H130F2N2S6/c1-9-15-19-23-27-31-35-39-43-47-51-69-67-80(79-64-63-77(95-79)78-65-66-81(96-78)89(7,13-5)71-55-59-73(91)60-56-71)97-83(69)87-93-75(53-49-45-41-37-33-29-25-21-17-11-3)85(99-87)86-76(54-50-46-42-38-34-30-26-22-18-12-4)94-88(100-86)84-70(52-48-44-40-36-32-28-24-20-16-10-2)68-82(98-84)90(8,14-6)72-57-61-74(92)62-58-72/h55-68H,9-54H2,1-8H3. The van der Waals surface area contributed by atoms with Crippen molar-refractivity contribution in [3.8, 4) is 49.0 Å². The predicted molar refractivity (Wildman–Crippen MR) is 445 cm³/mol. The van der Waals surface area contributed by atoms with Crippen molar-refractivity contribution in [3.63, 3.8) is 0 Å². The highest BCUT2D eigenvalue weighted by molar-refractivity contribution is 7.30. The van der Waals surface area contributed by atoms with E-state index in [-0.39, 0.29) is 22.5 Å². The minimum Gasteiger partial charge on any atom is -0.240 e. The Morgan fingerprint density at radius 1 is 0.280 bits per heavy atom. The maximum atomic E-state index is 14.6. The van der Waals surface area contributed by atoms with E-state index in [1.54, 1.807) is 24.3 Å². The fourth-order valence-electron chi connectivity index (χ4n) is 14.8. The van der Waals surface area contributed by atoms with Crippen LogP contribution in [-0.2, 0) is 36.5 Å². The third-order valence-electron chi connectivity index (χ3n) is 21.9. The van der Waals surface area contributed by atoms with E-state index < -0.39 is 0 Å². The number of unbranched alkanes of at least 4 members (excludes halogenated alkanes) is 36. The fraction of sp³-hybridized carbons (Fsp3) is 0.622. The van der Waals surface area contributed by atoms with Gasteiger partial charge in [0, 0.05) is 40.1 Å². The number of halogens is 2. The van der Waals surface area contributed by atoms with Crippen LogP contribution in [0.3, 0.4) is 0 Å². The summed E-state index contributed by atoms with van der Waals surface area (Å²) in [6.45, 7) is 18.5. The van der Waals surface area contributed by atoms with Crippen LogP contribution in [0.2, 0.25) is 0 Å². The lowest BCUT2D eigenvalue weighted by molar-refractivity contribution is 0.553. The largest absolute Gasteiger partial charge is 0.240 e. The summed E-state index contributed by atoms with van der Waals surface area (Å²) >= 11 is 11.8. The minimum absolute atomic E-state index is 0.175. The number of thiophene rings is 4. The van der Waals surface area contributed by atoms with Crippen molar-refractivity contribution in [2.75, 3.05) is 0 Å². The molecule has 0 aliphatic carbocycles. The lowest BCUT2D eigenvalue weighted by Gasteiger charge is -2.28. The van der Waals surface area contributed by atoms with Gasteiger partial charge in [-0.25, -0.2) is 18.7 Å². The van der Waals surface area contributed by atoms with Gasteiger partial charge >= 0.3 is 0 Å². The molecule has 0 bridgehead atoms. The molecule has 0 fully saturated rings. The predicted octanol–water partition coefficient (Wildman–Crippen LogP) is 32.7. The van der Waals surface area contributed by atoms with Gasteiger partial charge in [0.25, 0.3) is 0 Å². The molecule has 550 valence electrons. The second-order valence-corrected chi connectivity index (χ2v) is 36.2. The normalized spacial score (nSPS) is 13.1. The van der Waals surface area contributed by atoms with Crippen molar-refractivity contribution in [2.24, 2.45) is 0 Å². The number of thiazole rings is 2. The number of aryl methyl sites for hydroxylation is 4. The third-order valence-corrected chi connectivity index (χ3v) is 30.0. The molecule has 2 atom stereocenters. The highest BCUT2D eigenvalue weighted by Crippen LogP contribution is 2.52. The number of rotatable bonds is 55. The Balaban J connectivity index is 1.17. The topological polar surface area (TPSA) is 25.8 Å². The highest BCUT2D eigenvalue weighted by Gasteiger charge is 2.33. The minimum atomic E-state index is -0.247. The van der Waals surface area contributed by atoms with Crippen LogP contribution < -0.4 is 0 Å². The smallest absolute Gasteiger partial charge is 0.134 e. The molecule has 8 rings (SSSR count). The lowest BCUT2D eigenvalue weighted by Crippen LogP contribution is -2.21. The van der Waals surface area contributed by atoms with E-state index in [1.807, 2.05) is 92.3 Å². The molecule has 100 heavy (non-hydrogen) atoms. The zero-order valence-corrected chi connectivity index (χ0v) is 68.6. The Hall–Kier alpha value is -3.64. The average molecular weight is 1470 g/mol. The van der Waals surface area contributed by atoms with E-state index in [0.29, 0.717) is 0 Å². The summed E-state index contributed by atoms with van der Waals surface area (Å²) in [5.74, 6) is -0.361. The number of aromatic nitrogens is 2. The number of nitrogens with zero attached hydrogens (tertiary/aromatic N) is 2. The van der Waals surface area contributed by atoms with Gasteiger partial charge in [0.1, 0.15) is 21.6 Å². The molecule has 6 aromatic heterocycles. The molecule has 8 aromatic rings. The van der Waals surface area contributed by atoms with E-state index in [4.69, 9.17) is 9.97 Å². The van der Waals surface area contributed by atoms with Crippen LogP contribution in [0, 0.1) is 11.6 Å². The third kappa shape index (κ3) is 25.3. The fourth-order valence-corrected chi connectivity index (χ4v) is 22.5. The summed E-state index contributed by atoms with van der Waals surface area (Å²) in [5, 5.41) is 2.39. The molecule has 0 saturated heterocycles. The summed E-state index contributed by atoms with van der Waals surface area (Å²) in [6.07, 6.45) is 58.9. The van der Waals surface area contributed by atoms with Crippen molar-refractivity contribution < 1.29 is 8.78 Å². The van der Waals surface area contributed by atoms with Crippen molar-refractivity contribution in [1.82, 2.24) is 9.97 Å². The van der Waals surface area contributed by atoms with E-state index in [0.717, 1.165) is 56.9 Å². The van der Waals surface area contributed by atoms with E-state index in [1.165, 1.54) is 331 Å². The summed E-state index contributed by atoms with van der Waals surface area (Å²) < 4.78 is 28.8. The van der Waals surface area contributed by atoms with Crippen LogP contribution in [0.25, 0.3) is 49.0 Å². The van der Waals surface area contributed by atoms with Crippen LogP contribution >= 0.6 is 68.0 Å². The Bertz CT molecular complexity index is 3480. The zero-order chi connectivity index (χ0) is 70.6. The molecule has 0 radical (unpaired) electrons. The van der Waals surface area contributed by atoms with Crippen LogP contribution in [0.5, 0.6) is 0 Å². The monoisotopic (exact) mass is 1470 g/mol. The first kappa shape index (κ1) is 82.0. The Morgan fingerprint density at radius 2 is 0.590 bits per heavy atom. The zero-order valence-electron chi connectivity index (χ0n) is 63.7. The molecule has 0 aliphatic heterocycles. The van der Waals surface area contributed by atoms with Gasteiger partial charge in [0.05, 0.1) is 30.9 Å². The summed E-state index contributed by atoms with van der Waals surface area (Å²) in [6, 6.07) is 29.0. The van der Waals surface area contributed by atoms with Crippen molar-refractivity contribution in [1.29, 1.82) is 0 Å². The molecule has 0 N–H and O–H groups in total. The molecule has 0 spiro atoms. The second kappa shape index (κ2) is 45.7. The van der Waals surface area contributed by atoms with Gasteiger partial charge in [-0.05, 0) is 147 Å². The first-order valence-corrected chi connectivity index (χ1v) is 45.9. The molecule has 2 nitrogen and oxygen atoms in total.